The number of esters is 2. The summed E-state index contributed by atoms with van der Waals surface area (Å²) in [7, 11) is 3.74. The number of methoxy groups -OCH3 is 2. The number of β-lactam (4-membered cyclic amide) rings is 1. The monoisotopic (exact) mass is 976 g/mol. The smallest absolute Gasteiger partial charge is 0.413 e. The summed E-state index contributed by atoms with van der Waals surface area (Å²) in [5, 5.41) is 11.9. The van der Waals surface area contributed by atoms with Gasteiger partial charge in [-0.1, -0.05) is 114 Å². The lowest BCUT2D eigenvalue weighted by molar-refractivity contribution is -0.152. The van der Waals surface area contributed by atoms with E-state index in [2.05, 4.69) is 26.1 Å². The quantitative estimate of drug-likeness (QED) is 0.0287. The summed E-state index contributed by atoms with van der Waals surface area (Å²) in [6.45, 7) is 4.53. The number of ether oxygens (including phenoxy) is 5. The molecule has 3 N–H and O–H groups in total. The molecule has 0 saturated carbocycles. The topological polar surface area (TPSA) is 222 Å². The molecule has 20 heteroatoms. The molecule has 2 aliphatic rings. The van der Waals surface area contributed by atoms with Gasteiger partial charge in [0.1, 0.15) is 30.4 Å². The van der Waals surface area contributed by atoms with Crippen molar-refractivity contribution in [3.8, 4) is 0 Å². The van der Waals surface area contributed by atoms with Crippen molar-refractivity contribution in [3.63, 3.8) is 0 Å². The number of nitrogens with one attached hydrogen (secondary N) is 3. The third kappa shape index (κ3) is 11.0. The number of benzene rings is 4. The number of hydrogen-bond donors (Lipinski definition) is 3. The van der Waals surface area contributed by atoms with Crippen molar-refractivity contribution in [3.05, 3.63) is 160 Å². The second-order valence-electron chi connectivity index (χ2n) is 16.2. The Labute approximate surface area is 405 Å². The van der Waals surface area contributed by atoms with Gasteiger partial charge in [-0.25, -0.2) is 19.4 Å². The first-order valence-corrected chi connectivity index (χ1v) is 23.1. The van der Waals surface area contributed by atoms with Crippen LogP contribution in [0.5, 0.6) is 0 Å². The van der Waals surface area contributed by atoms with Crippen LogP contribution >= 0.6 is 23.1 Å². The van der Waals surface area contributed by atoms with Gasteiger partial charge in [0.2, 0.25) is 5.91 Å². The van der Waals surface area contributed by atoms with E-state index in [-0.39, 0.29) is 51.6 Å². The van der Waals surface area contributed by atoms with Crippen molar-refractivity contribution in [2.75, 3.05) is 38.6 Å². The molecule has 3 heterocycles. The molecule has 1 fully saturated rings. The van der Waals surface area contributed by atoms with Crippen LogP contribution in [0.25, 0.3) is 0 Å². The Morgan fingerprint density at radius 2 is 1.45 bits per heavy atom. The van der Waals surface area contributed by atoms with Gasteiger partial charge in [0.05, 0.1) is 26.0 Å². The number of thioether (sulfide) groups is 1. The van der Waals surface area contributed by atoms with Crippen LogP contribution in [0.2, 0.25) is 0 Å². The van der Waals surface area contributed by atoms with E-state index in [0.29, 0.717) is 16.7 Å². The number of carbonyl (C=O) groups excluding carboxylic acids is 6. The van der Waals surface area contributed by atoms with Gasteiger partial charge < -0.3 is 33.8 Å². The number of anilines is 2. The van der Waals surface area contributed by atoms with Crippen LogP contribution in [0.4, 0.5) is 20.4 Å². The number of hydrogen-bond acceptors (Lipinski definition) is 16. The van der Waals surface area contributed by atoms with Crippen molar-refractivity contribution >= 4 is 75.6 Å². The zero-order valence-electron chi connectivity index (χ0n) is 38.3. The Morgan fingerprint density at radius 3 is 2.04 bits per heavy atom. The van der Waals surface area contributed by atoms with Crippen LogP contribution in [0.3, 0.4) is 0 Å². The normalized spacial score (nSPS) is 16.5. The van der Waals surface area contributed by atoms with E-state index in [1.807, 2.05) is 60.7 Å². The van der Waals surface area contributed by atoms with Crippen LogP contribution in [0.1, 0.15) is 61.2 Å². The molecule has 1 unspecified atom stereocenters. The van der Waals surface area contributed by atoms with Crippen molar-refractivity contribution in [1.82, 2.24) is 15.2 Å². The maximum Gasteiger partial charge on any atom is 0.413 e. The van der Waals surface area contributed by atoms with Crippen molar-refractivity contribution in [2.24, 2.45) is 5.16 Å². The summed E-state index contributed by atoms with van der Waals surface area (Å²) < 4.78 is 28.4. The van der Waals surface area contributed by atoms with Crippen LogP contribution in [0, 0.1) is 0 Å². The minimum atomic E-state index is -1.80. The number of para-hydroxylation sites is 1. The Bertz CT molecular complexity index is 2730. The molecule has 1 aromatic heterocycles. The fourth-order valence-electron chi connectivity index (χ4n) is 7.57. The molecule has 69 heavy (non-hydrogen) atoms. The summed E-state index contributed by atoms with van der Waals surface area (Å²) >= 11 is 2.10. The average Bonchev–Trinajstić information content (AvgIpc) is 3.80. The lowest BCUT2D eigenvalue weighted by Gasteiger charge is -2.46. The number of oxime groups is 1. The van der Waals surface area contributed by atoms with Crippen LogP contribution in [0.15, 0.2) is 137 Å². The zero-order chi connectivity index (χ0) is 49.3. The van der Waals surface area contributed by atoms with Crippen LogP contribution < -0.4 is 16.0 Å². The predicted octanol–water partition coefficient (Wildman–Crippen LogP) is 7.49. The Kier molecular flexibility index (Phi) is 15.3. The molecule has 4 aromatic carbocycles. The number of thiazole rings is 1. The van der Waals surface area contributed by atoms with Crippen molar-refractivity contribution < 1.29 is 57.3 Å². The summed E-state index contributed by atoms with van der Waals surface area (Å²) in [6, 6.07) is 33.3. The molecule has 0 aliphatic carbocycles. The minimum Gasteiger partial charge on any atom is -0.495 e. The van der Waals surface area contributed by atoms with Gasteiger partial charge in [-0.3, -0.25) is 29.9 Å². The lowest BCUT2D eigenvalue weighted by atomic mass is 9.74. The molecule has 3 atom stereocenters. The van der Waals surface area contributed by atoms with E-state index in [4.69, 9.17) is 28.5 Å². The van der Waals surface area contributed by atoms with Crippen molar-refractivity contribution in [1.29, 1.82) is 0 Å². The fourth-order valence-corrected chi connectivity index (χ4v) is 9.66. The molecule has 18 nitrogen and oxygen atoms in total. The molecular weight excluding hydrogens is 929 g/mol. The maximum absolute atomic E-state index is 14.2. The van der Waals surface area contributed by atoms with E-state index in [1.165, 1.54) is 43.4 Å². The molecule has 0 radical (unpaired) electrons. The Morgan fingerprint density at radius 1 is 0.826 bits per heavy atom. The van der Waals surface area contributed by atoms with Gasteiger partial charge in [0.25, 0.3) is 5.91 Å². The Balaban J connectivity index is 1.10. The number of rotatable bonds is 16. The number of aromatic nitrogens is 1. The number of carbonyl (C=O) groups is 6. The molecule has 7 rings (SSSR count). The number of nitrogens with zero attached hydrogens (tertiary/aromatic N) is 3. The van der Waals surface area contributed by atoms with E-state index in [1.54, 1.807) is 75.4 Å². The van der Waals surface area contributed by atoms with Gasteiger partial charge in [0, 0.05) is 16.6 Å². The van der Waals surface area contributed by atoms with Crippen molar-refractivity contribution in [2.45, 2.75) is 55.1 Å². The van der Waals surface area contributed by atoms with Crippen LogP contribution in [-0.4, -0.2) is 95.8 Å². The second kappa shape index (κ2) is 21.5. The summed E-state index contributed by atoms with van der Waals surface area (Å²) in [6.07, 6.45) is -2.55. The molecule has 358 valence electrons. The van der Waals surface area contributed by atoms with Gasteiger partial charge in [-0.15, -0.1) is 23.1 Å². The first-order chi connectivity index (χ1) is 33.2. The molecule has 1 saturated heterocycles. The fraction of sp³-hybridized carbons (Fsp3) is 0.265. The molecule has 4 amide bonds. The predicted molar refractivity (Wildman–Crippen MR) is 256 cm³/mol. The Hall–Kier alpha value is -7.71. The van der Waals surface area contributed by atoms with E-state index < -0.39 is 64.5 Å². The zero-order valence-corrected chi connectivity index (χ0v) is 39.9. The molecule has 0 spiro atoms. The highest BCUT2D eigenvalue weighted by atomic mass is 32.2. The van der Waals surface area contributed by atoms with Gasteiger partial charge in [-0.05, 0) is 43.5 Å². The van der Waals surface area contributed by atoms with Gasteiger partial charge >= 0.3 is 24.1 Å². The van der Waals surface area contributed by atoms with Gasteiger partial charge in [-0.2, -0.15) is 0 Å². The first kappa shape index (κ1) is 49.2. The SMILES string of the molecule is CON=C(C(=O)N[C@@H]1S[C@H]2CC(=O)N2C(C(=O)OC(c2ccccc2)c2ccccc2)=C1OC)c1csc(NC(=O)OCC(C(=O)OC)(c2ccccc2)c2ccccc2NC(=O)OC(C)(C)C)n1. The molecule has 0 bridgehead atoms. The second-order valence-corrected chi connectivity index (χ2v) is 18.4. The molecule has 2 aliphatic heterocycles. The number of amides is 4. The maximum atomic E-state index is 14.2. The van der Waals surface area contributed by atoms with E-state index >= 15 is 0 Å². The summed E-state index contributed by atoms with van der Waals surface area (Å²) in [5.74, 6) is -2.80. The highest BCUT2D eigenvalue weighted by Gasteiger charge is 2.51. The third-order valence-corrected chi connectivity index (χ3v) is 12.7. The summed E-state index contributed by atoms with van der Waals surface area (Å²) in [4.78, 5) is 92.6. The van der Waals surface area contributed by atoms with Crippen LogP contribution in [-0.2, 0) is 53.1 Å². The largest absolute Gasteiger partial charge is 0.495 e. The third-order valence-electron chi connectivity index (χ3n) is 10.6. The highest BCUT2D eigenvalue weighted by Crippen LogP contribution is 2.45. The number of fused-ring (bicyclic) bond motifs is 1. The first-order valence-electron chi connectivity index (χ1n) is 21.3. The van der Waals surface area contributed by atoms with E-state index in [0.717, 1.165) is 11.3 Å². The highest BCUT2D eigenvalue weighted by molar-refractivity contribution is 8.00. The molecule has 5 aromatic rings. The standard InChI is InChI=1S/C49H48N6O12S2/c1-48(2,3)67-47(61)51-33-25-17-16-24-32(33)49(44(59)63-5,31-22-14-9-15-23-31)28-65-46(60)53-45-50-34(27-68-45)37(54-64-6)41(57)52-42-40(62-4)38(55-35(56)26-36(55)69-42)43(58)66-39(29-18-10-7-11-19-29)30-20-12-8-13-21-30/h7-25,27,36,39,42H,26,28H2,1-6H3,(H,51,61)(H,52,57)(H,50,53,60)/t36-,42+,49?/m0/s1. The lowest BCUT2D eigenvalue weighted by Crippen LogP contribution is -2.58. The average molecular weight is 977 g/mol. The summed E-state index contributed by atoms with van der Waals surface area (Å²) in [5.41, 5.74) is -0.881. The van der Waals surface area contributed by atoms with E-state index in [9.17, 15) is 28.8 Å². The molecular formula is C49H48N6O12S2. The van der Waals surface area contributed by atoms with Gasteiger partial charge in [0.15, 0.2) is 33.8 Å². The minimum absolute atomic E-state index is 0.0117.